The average molecular weight is 226 g/mol. The lowest BCUT2D eigenvalue weighted by atomic mass is 9.98. The molecule has 0 aromatic carbocycles. The van der Waals surface area contributed by atoms with E-state index in [1.807, 2.05) is 25.7 Å². The molecular formula is C12H22N2O2. The Kier molecular flexibility index (Phi) is 2.86. The fourth-order valence-electron chi connectivity index (χ4n) is 2.78. The molecule has 0 aromatic rings. The molecule has 4 nitrogen and oxygen atoms in total. The first-order valence-electron chi connectivity index (χ1n) is 6.10. The SMILES string of the molecule is CC(C)(C)OC(=O)N1C[C@H]2CC[C@@H](N)[C@@H]2C1. The second-order valence-electron chi connectivity index (χ2n) is 6.05. The van der Waals surface area contributed by atoms with Gasteiger partial charge < -0.3 is 15.4 Å². The first-order chi connectivity index (χ1) is 7.37. The molecule has 1 saturated heterocycles. The van der Waals surface area contributed by atoms with Crippen LogP contribution in [0.4, 0.5) is 4.79 Å². The second-order valence-corrected chi connectivity index (χ2v) is 6.05. The molecule has 1 aliphatic carbocycles. The van der Waals surface area contributed by atoms with Gasteiger partial charge in [0.25, 0.3) is 0 Å². The standard InChI is InChI=1S/C12H22N2O2/c1-12(2,3)16-11(15)14-6-8-4-5-10(13)9(8)7-14/h8-10H,4-7,13H2,1-3H3/t8-,9-,10-/m1/s1. The van der Waals surface area contributed by atoms with Crippen molar-refractivity contribution >= 4 is 6.09 Å². The normalized spacial score (nSPS) is 34.0. The van der Waals surface area contributed by atoms with E-state index in [1.54, 1.807) is 0 Å². The minimum atomic E-state index is -0.406. The van der Waals surface area contributed by atoms with Crippen molar-refractivity contribution in [2.24, 2.45) is 17.6 Å². The Labute approximate surface area is 97.1 Å². The predicted molar refractivity (Wildman–Crippen MR) is 62.0 cm³/mol. The van der Waals surface area contributed by atoms with E-state index in [4.69, 9.17) is 10.5 Å². The zero-order valence-electron chi connectivity index (χ0n) is 10.4. The van der Waals surface area contributed by atoms with Crippen molar-refractivity contribution in [3.05, 3.63) is 0 Å². The van der Waals surface area contributed by atoms with Crippen LogP contribution in [0, 0.1) is 11.8 Å². The molecule has 2 fully saturated rings. The van der Waals surface area contributed by atoms with Crippen LogP contribution in [0.25, 0.3) is 0 Å². The van der Waals surface area contributed by atoms with Crippen LogP contribution in [-0.2, 0) is 4.74 Å². The Bertz CT molecular complexity index is 285. The summed E-state index contributed by atoms with van der Waals surface area (Å²) in [5.41, 5.74) is 5.62. The van der Waals surface area contributed by atoms with Gasteiger partial charge in [0.1, 0.15) is 5.60 Å². The summed E-state index contributed by atoms with van der Waals surface area (Å²) in [6.45, 7) is 7.29. The highest BCUT2D eigenvalue weighted by molar-refractivity contribution is 5.68. The molecule has 2 N–H and O–H groups in total. The van der Waals surface area contributed by atoms with Crippen molar-refractivity contribution in [3.63, 3.8) is 0 Å². The molecule has 1 heterocycles. The van der Waals surface area contributed by atoms with Gasteiger partial charge in [-0.05, 0) is 45.4 Å². The summed E-state index contributed by atoms with van der Waals surface area (Å²) in [6, 6.07) is 0.275. The number of carbonyl (C=O) groups is 1. The monoisotopic (exact) mass is 226 g/mol. The molecule has 1 amide bonds. The van der Waals surface area contributed by atoms with Crippen molar-refractivity contribution in [1.29, 1.82) is 0 Å². The van der Waals surface area contributed by atoms with Crippen molar-refractivity contribution in [1.82, 2.24) is 4.90 Å². The fourth-order valence-corrected chi connectivity index (χ4v) is 2.78. The summed E-state index contributed by atoms with van der Waals surface area (Å²) in [4.78, 5) is 13.7. The van der Waals surface area contributed by atoms with Gasteiger partial charge in [0.15, 0.2) is 0 Å². The molecular weight excluding hydrogens is 204 g/mol. The number of nitrogens with zero attached hydrogens (tertiary/aromatic N) is 1. The van der Waals surface area contributed by atoms with Crippen LogP contribution in [0.2, 0.25) is 0 Å². The highest BCUT2D eigenvalue weighted by atomic mass is 16.6. The molecule has 1 saturated carbocycles. The molecule has 1 aliphatic heterocycles. The van der Waals surface area contributed by atoms with E-state index in [0.717, 1.165) is 25.9 Å². The second kappa shape index (κ2) is 3.91. The molecule has 0 spiro atoms. The van der Waals surface area contributed by atoms with Crippen LogP contribution in [0.3, 0.4) is 0 Å². The fraction of sp³-hybridized carbons (Fsp3) is 0.917. The molecule has 0 radical (unpaired) electrons. The predicted octanol–water partition coefficient (Wildman–Crippen LogP) is 1.59. The number of likely N-dealkylation sites (tertiary alicyclic amines) is 1. The number of hydrogen-bond acceptors (Lipinski definition) is 3. The van der Waals surface area contributed by atoms with E-state index in [9.17, 15) is 4.79 Å². The summed E-state index contributed by atoms with van der Waals surface area (Å²) in [5, 5.41) is 0. The van der Waals surface area contributed by atoms with E-state index >= 15 is 0 Å². The summed E-state index contributed by atoms with van der Waals surface area (Å²) in [7, 11) is 0. The van der Waals surface area contributed by atoms with Gasteiger partial charge >= 0.3 is 6.09 Å². The summed E-state index contributed by atoms with van der Waals surface area (Å²) in [5.74, 6) is 1.09. The Morgan fingerprint density at radius 2 is 2.00 bits per heavy atom. The number of fused-ring (bicyclic) bond motifs is 1. The lowest BCUT2D eigenvalue weighted by Gasteiger charge is -2.25. The smallest absolute Gasteiger partial charge is 0.410 e. The topological polar surface area (TPSA) is 55.6 Å². The van der Waals surface area contributed by atoms with Crippen LogP contribution in [0.1, 0.15) is 33.6 Å². The van der Waals surface area contributed by atoms with Crippen LogP contribution >= 0.6 is 0 Å². The third kappa shape index (κ3) is 2.32. The molecule has 4 heteroatoms. The van der Waals surface area contributed by atoms with E-state index in [-0.39, 0.29) is 12.1 Å². The van der Waals surface area contributed by atoms with Gasteiger partial charge in [-0.3, -0.25) is 0 Å². The van der Waals surface area contributed by atoms with Crippen molar-refractivity contribution < 1.29 is 9.53 Å². The molecule has 2 rings (SSSR count). The van der Waals surface area contributed by atoms with Crippen molar-refractivity contribution in [2.75, 3.05) is 13.1 Å². The molecule has 2 aliphatic rings. The summed E-state index contributed by atoms with van der Waals surface area (Å²) in [6.07, 6.45) is 2.08. The lowest BCUT2D eigenvalue weighted by Crippen LogP contribution is -2.37. The minimum absolute atomic E-state index is 0.186. The quantitative estimate of drug-likeness (QED) is 0.682. The Morgan fingerprint density at radius 3 is 2.56 bits per heavy atom. The van der Waals surface area contributed by atoms with Gasteiger partial charge in [-0.25, -0.2) is 4.79 Å². The number of rotatable bonds is 0. The maximum Gasteiger partial charge on any atom is 0.410 e. The van der Waals surface area contributed by atoms with E-state index in [1.165, 1.54) is 0 Å². The first-order valence-corrected chi connectivity index (χ1v) is 6.10. The Morgan fingerprint density at radius 1 is 1.31 bits per heavy atom. The molecule has 92 valence electrons. The van der Waals surface area contributed by atoms with Gasteiger partial charge in [0, 0.05) is 19.1 Å². The average Bonchev–Trinajstić information content (AvgIpc) is 2.65. The summed E-state index contributed by atoms with van der Waals surface area (Å²) >= 11 is 0. The maximum atomic E-state index is 11.9. The molecule has 16 heavy (non-hydrogen) atoms. The largest absolute Gasteiger partial charge is 0.444 e. The Hall–Kier alpha value is -0.770. The van der Waals surface area contributed by atoms with Crippen LogP contribution in [-0.4, -0.2) is 35.7 Å². The zero-order valence-corrected chi connectivity index (χ0v) is 10.4. The molecule has 0 unspecified atom stereocenters. The summed E-state index contributed by atoms with van der Waals surface area (Å²) < 4.78 is 5.37. The van der Waals surface area contributed by atoms with Gasteiger partial charge in [0.05, 0.1) is 0 Å². The van der Waals surface area contributed by atoms with Gasteiger partial charge in [-0.2, -0.15) is 0 Å². The van der Waals surface area contributed by atoms with E-state index in [0.29, 0.717) is 11.8 Å². The zero-order chi connectivity index (χ0) is 11.9. The van der Waals surface area contributed by atoms with Crippen molar-refractivity contribution in [3.8, 4) is 0 Å². The minimum Gasteiger partial charge on any atom is -0.444 e. The van der Waals surface area contributed by atoms with Crippen LogP contribution in [0.15, 0.2) is 0 Å². The highest BCUT2D eigenvalue weighted by Gasteiger charge is 2.43. The lowest BCUT2D eigenvalue weighted by molar-refractivity contribution is 0.0279. The van der Waals surface area contributed by atoms with E-state index in [2.05, 4.69) is 0 Å². The van der Waals surface area contributed by atoms with Gasteiger partial charge in [-0.15, -0.1) is 0 Å². The maximum absolute atomic E-state index is 11.9. The van der Waals surface area contributed by atoms with Crippen LogP contribution in [0.5, 0.6) is 0 Å². The van der Waals surface area contributed by atoms with Crippen LogP contribution < -0.4 is 5.73 Å². The third-order valence-corrected chi connectivity index (χ3v) is 3.56. The third-order valence-electron chi connectivity index (χ3n) is 3.56. The highest BCUT2D eigenvalue weighted by Crippen LogP contribution is 2.37. The van der Waals surface area contributed by atoms with Crippen molar-refractivity contribution in [2.45, 2.75) is 45.3 Å². The molecule has 0 bridgehead atoms. The first kappa shape index (κ1) is 11.7. The number of amides is 1. The number of hydrogen-bond donors (Lipinski definition) is 1. The number of nitrogens with two attached hydrogens (primary N) is 1. The Balaban J connectivity index is 1.92. The van der Waals surface area contributed by atoms with Gasteiger partial charge in [-0.1, -0.05) is 0 Å². The van der Waals surface area contributed by atoms with Gasteiger partial charge in [0.2, 0.25) is 0 Å². The molecule has 0 aromatic heterocycles. The number of ether oxygens (including phenoxy) is 1. The van der Waals surface area contributed by atoms with E-state index < -0.39 is 5.60 Å². The number of carbonyl (C=O) groups excluding carboxylic acids is 1. The molecule has 3 atom stereocenters.